The average Bonchev–Trinajstić information content (AvgIpc) is 2.26. The van der Waals surface area contributed by atoms with Gasteiger partial charge in [0.1, 0.15) is 6.10 Å². The van der Waals surface area contributed by atoms with Crippen LogP contribution >= 0.6 is 0 Å². The molecular weight excluding hydrogens is 264 g/mol. The molecule has 0 fully saturated rings. The van der Waals surface area contributed by atoms with Crippen LogP contribution in [0.2, 0.25) is 0 Å². The molecule has 0 aliphatic carbocycles. The van der Waals surface area contributed by atoms with Gasteiger partial charge in [0.05, 0.1) is 32.2 Å². The SMILES string of the molecule is C=CC(=O)OC(C)COCCOCCS(=O)(=O)O. The van der Waals surface area contributed by atoms with Crippen molar-refractivity contribution in [1.29, 1.82) is 0 Å². The van der Waals surface area contributed by atoms with Gasteiger partial charge in [0, 0.05) is 6.08 Å². The van der Waals surface area contributed by atoms with Gasteiger partial charge in [-0.3, -0.25) is 4.55 Å². The lowest BCUT2D eigenvalue weighted by Crippen LogP contribution is -2.21. The first-order valence-electron chi connectivity index (χ1n) is 5.29. The van der Waals surface area contributed by atoms with E-state index in [9.17, 15) is 13.2 Å². The maximum atomic E-state index is 10.8. The number of esters is 1. The van der Waals surface area contributed by atoms with Gasteiger partial charge in [-0.2, -0.15) is 8.42 Å². The van der Waals surface area contributed by atoms with E-state index in [4.69, 9.17) is 18.8 Å². The molecule has 0 rings (SSSR count). The predicted molar refractivity (Wildman–Crippen MR) is 63.8 cm³/mol. The third-order valence-corrected chi connectivity index (χ3v) is 2.38. The number of hydrogen-bond acceptors (Lipinski definition) is 6. The number of rotatable bonds is 10. The van der Waals surface area contributed by atoms with Crippen molar-refractivity contribution >= 4 is 16.1 Å². The molecular formula is C10H18O7S. The molecule has 0 bridgehead atoms. The normalized spacial score (nSPS) is 13.0. The molecule has 7 nitrogen and oxygen atoms in total. The Labute approximate surface area is 106 Å². The Balaban J connectivity index is 3.40. The Morgan fingerprint density at radius 1 is 1.33 bits per heavy atom. The van der Waals surface area contributed by atoms with Crippen molar-refractivity contribution in [3.63, 3.8) is 0 Å². The van der Waals surface area contributed by atoms with Crippen LogP contribution in [0.25, 0.3) is 0 Å². The van der Waals surface area contributed by atoms with E-state index < -0.39 is 27.9 Å². The zero-order valence-corrected chi connectivity index (χ0v) is 11.0. The van der Waals surface area contributed by atoms with Crippen molar-refractivity contribution in [3.8, 4) is 0 Å². The fourth-order valence-electron chi connectivity index (χ4n) is 0.914. The molecule has 1 unspecified atom stereocenters. The molecule has 0 aliphatic rings. The minimum Gasteiger partial charge on any atom is -0.457 e. The summed E-state index contributed by atoms with van der Waals surface area (Å²) in [5, 5.41) is 0. The van der Waals surface area contributed by atoms with Crippen LogP contribution in [-0.4, -0.2) is 57.2 Å². The monoisotopic (exact) mass is 282 g/mol. The average molecular weight is 282 g/mol. The number of carbonyl (C=O) groups is 1. The minimum absolute atomic E-state index is 0.0941. The third kappa shape index (κ3) is 11.5. The van der Waals surface area contributed by atoms with Crippen molar-refractivity contribution in [2.45, 2.75) is 13.0 Å². The Morgan fingerprint density at radius 2 is 1.94 bits per heavy atom. The molecule has 0 aliphatic heterocycles. The summed E-state index contributed by atoms with van der Waals surface area (Å²) in [6.45, 7) is 5.47. The van der Waals surface area contributed by atoms with Crippen molar-refractivity contribution < 1.29 is 32.0 Å². The number of carbonyl (C=O) groups excluding carboxylic acids is 1. The van der Waals surface area contributed by atoms with E-state index in [-0.39, 0.29) is 26.4 Å². The first-order valence-corrected chi connectivity index (χ1v) is 6.89. The summed E-state index contributed by atoms with van der Waals surface area (Å²) in [4.78, 5) is 10.8. The maximum absolute atomic E-state index is 10.8. The van der Waals surface area contributed by atoms with Crippen LogP contribution in [0.4, 0.5) is 0 Å². The van der Waals surface area contributed by atoms with Gasteiger partial charge in [-0.1, -0.05) is 6.58 Å². The largest absolute Gasteiger partial charge is 0.457 e. The van der Waals surface area contributed by atoms with Gasteiger partial charge >= 0.3 is 5.97 Å². The molecule has 0 heterocycles. The highest BCUT2D eigenvalue weighted by Crippen LogP contribution is 1.93. The molecule has 18 heavy (non-hydrogen) atoms. The third-order valence-electron chi connectivity index (χ3n) is 1.69. The molecule has 0 saturated carbocycles. The van der Waals surface area contributed by atoms with Crippen LogP contribution in [0.15, 0.2) is 12.7 Å². The minimum atomic E-state index is -3.98. The quantitative estimate of drug-likeness (QED) is 0.261. The van der Waals surface area contributed by atoms with Gasteiger partial charge in [-0.25, -0.2) is 4.79 Å². The molecule has 0 amide bonds. The van der Waals surface area contributed by atoms with E-state index in [0.29, 0.717) is 0 Å². The second kappa shape index (κ2) is 9.03. The van der Waals surface area contributed by atoms with E-state index in [0.717, 1.165) is 6.08 Å². The summed E-state index contributed by atoms with van der Waals surface area (Å²) in [5.74, 6) is -0.962. The molecule has 0 spiro atoms. The van der Waals surface area contributed by atoms with E-state index in [1.807, 2.05) is 0 Å². The van der Waals surface area contributed by atoms with Crippen molar-refractivity contribution in [1.82, 2.24) is 0 Å². The lowest BCUT2D eigenvalue weighted by Gasteiger charge is -2.12. The zero-order chi connectivity index (χ0) is 14.0. The lowest BCUT2D eigenvalue weighted by atomic mass is 10.4. The summed E-state index contributed by atoms with van der Waals surface area (Å²) in [5.41, 5.74) is 0. The van der Waals surface area contributed by atoms with E-state index >= 15 is 0 Å². The van der Waals surface area contributed by atoms with Gasteiger partial charge in [0.15, 0.2) is 0 Å². The zero-order valence-electron chi connectivity index (χ0n) is 10.2. The fourth-order valence-corrected chi connectivity index (χ4v) is 1.24. The van der Waals surface area contributed by atoms with E-state index in [1.165, 1.54) is 0 Å². The number of hydrogen-bond donors (Lipinski definition) is 1. The molecule has 0 aromatic rings. The van der Waals surface area contributed by atoms with Crippen LogP contribution in [0.5, 0.6) is 0 Å². The topological polar surface area (TPSA) is 99.1 Å². The first-order chi connectivity index (χ1) is 8.35. The summed E-state index contributed by atoms with van der Waals surface area (Å²) in [7, 11) is -3.98. The summed E-state index contributed by atoms with van der Waals surface area (Å²) in [6, 6.07) is 0. The van der Waals surface area contributed by atoms with Gasteiger partial charge < -0.3 is 14.2 Å². The molecule has 0 saturated heterocycles. The second-order valence-corrected chi connectivity index (χ2v) is 5.00. The summed E-state index contributed by atoms with van der Waals surface area (Å²) < 4.78 is 43.9. The Morgan fingerprint density at radius 3 is 2.50 bits per heavy atom. The highest BCUT2D eigenvalue weighted by atomic mass is 32.2. The fraction of sp³-hybridized carbons (Fsp3) is 0.700. The van der Waals surface area contributed by atoms with Crippen molar-refractivity contribution in [2.75, 3.05) is 32.2 Å². The highest BCUT2D eigenvalue weighted by molar-refractivity contribution is 7.85. The van der Waals surface area contributed by atoms with E-state index in [2.05, 4.69) is 6.58 Å². The molecule has 1 N–H and O–H groups in total. The van der Waals surface area contributed by atoms with Gasteiger partial charge in [0.2, 0.25) is 0 Å². The molecule has 106 valence electrons. The van der Waals surface area contributed by atoms with Crippen LogP contribution in [0.3, 0.4) is 0 Å². The van der Waals surface area contributed by atoms with Gasteiger partial charge in [0.25, 0.3) is 10.1 Å². The Kier molecular flexibility index (Phi) is 8.55. The Hall–Kier alpha value is -0.960. The van der Waals surface area contributed by atoms with Gasteiger partial charge in [-0.15, -0.1) is 0 Å². The standard InChI is InChI=1S/C10H18O7S/c1-3-10(11)17-9(2)8-16-5-4-15-6-7-18(12,13)14/h3,9H,1,4-8H2,2H3,(H,12,13,14). The van der Waals surface area contributed by atoms with Gasteiger partial charge in [-0.05, 0) is 6.92 Å². The van der Waals surface area contributed by atoms with Crippen LogP contribution in [0.1, 0.15) is 6.92 Å². The predicted octanol–water partition coefficient (Wildman–Crippen LogP) is 0.0251. The van der Waals surface area contributed by atoms with Crippen LogP contribution in [-0.2, 0) is 29.1 Å². The molecule has 0 aromatic carbocycles. The Bertz CT molecular complexity index is 349. The van der Waals surface area contributed by atoms with Crippen LogP contribution < -0.4 is 0 Å². The molecule has 8 heteroatoms. The molecule has 0 radical (unpaired) electrons. The molecule has 0 aromatic heterocycles. The first kappa shape index (κ1) is 17.0. The number of ether oxygens (including phenoxy) is 3. The van der Waals surface area contributed by atoms with Crippen LogP contribution in [0, 0.1) is 0 Å². The summed E-state index contributed by atoms with van der Waals surface area (Å²) >= 11 is 0. The highest BCUT2D eigenvalue weighted by Gasteiger charge is 2.06. The van der Waals surface area contributed by atoms with Crippen molar-refractivity contribution in [3.05, 3.63) is 12.7 Å². The smallest absolute Gasteiger partial charge is 0.330 e. The van der Waals surface area contributed by atoms with E-state index in [1.54, 1.807) is 6.92 Å². The second-order valence-electron chi connectivity index (χ2n) is 3.42. The molecule has 1 atom stereocenters. The van der Waals surface area contributed by atoms with Crippen molar-refractivity contribution in [2.24, 2.45) is 0 Å². The summed E-state index contributed by atoms with van der Waals surface area (Å²) in [6.07, 6.45) is 0.669. The maximum Gasteiger partial charge on any atom is 0.330 e. The lowest BCUT2D eigenvalue weighted by molar-refractivity contribution is -0.145.